The Bertz CT molecular complexity index is 788. The Morgan fingerprint density at radius 1 is 1.29 bits per heavy atom. The largest absolute Gasteiger partial charge is 0.328 e. The number of benzene rings is 1. The van der Waals surface area contributed by atoms with Crippen molar-refractivity contribution in [2.24, 2.45) is 0 Å². The van der Waals surface area contributed by atoms with E-state index in [9.17, 15) is 13.2 Å². The molecule has 0 aliphatic carbocycles. The summed E-state index contributed by atoms with van der Waals surface area (Å²) in [7, 11) is -3.46. The van der Waals surface area contributed by atoms with Crippen LogP contribution in [0.1, 0.15) is 26.6 Å². The maximum Gasteiger partial charge on any atom is 0.160 e. The van der Waals surface area contributed by atoms with Crippen LogP contribution in [0.5, 0.6) is 0 Å². The Hall–Kier alpha value is -1.69. The standard InChI is InChI=1S/C15H20N2O3S/c1-5-17-12-9-7-6-8-11(12)16-14(17)10-13(18)15(2,3)21(4,19)20/h6-9H,5,10H2,1-4H3. The Labute approximate surface area is 124 Å². The van der Waals surface area contributed by atoms with E-state index >= 15 is 0 Å². The SMILES string of the molecule is CCn1c(CC(=O)C(C)(C)S(C)(=O)=O)nc2ccccc21. The molecule has 0 radical (unpaired) electrons. The third-order valence-electron chi connectivity index (χ3n) is 3.97. The zero-order chi connectivity index (χ0) is 15.8. The third-order valence-corrected chi connectivity index (χ3v) is 6.05. The van der Waals surface area contributed by atoms with E-state index in [1.807, 2.05) is 35.8 Å². The molecule has 0 saturated carbocycles. The molecule has 0 saturated heterocycles. The summed E-state index contributed by atoms with van der Waals surface area (Å²) in [5.41, 5.74) is 1.78. The molecule has 5 nitrogen and oxygen atoms in total. The monoisotopic (exact) mass is 308 g/mol. The van der Waals surface area contributed by atoms with Crippen molar-refractivity contribution in [3.8, 4) is 0 Å². The minimum Gasteiger partial charge on any atom is -0.328 e. The van der Waals surface area contributed by atoms with Crippen LogP contribution >= 0.6 is 0 Å². The summed E-state index contributed by atoms with van der Waals surface area (Å²) < 4.78 is 24.1. The highest BCUT2D eigenvalue weighted by Crippen LogP contribution is 2.21. The number of hydrogen-bond acceptors (Lipinski definition) is 4. The molecule has 0 unspecified atom stereocenters. The van der Waals surface area contributed by atoms with Crippen LogP contribution in [-0.2, 0) is 27.6 Å². The van der Waals surface area contributed by atoms with Gasteiger partial charge in [0.05, 0.1) is 17.5 Å². The number of carbonyl (C=O) groups excluding carboxylic acids is 1. The van der Waals surface area contributed by atoms with Crippen LogP contribution in [0.25, 0.3) is 11.0 Å². The van der Waals surface area contributed by atoms with Gasteiger partial charge in [0.2, 0.25) is 0 Å². The molecule has 1 aromatic carbocycles. The van der Waals surface area contributed by atoms with Gasteiger partial charge in [-0.25, -0.2) is 13.4 Å². The van der Waals surface area contributed by atoms with Crippen LogP contribution in [0.15, 0.2) is 24.3 Å². The van der Waals surface area contributed by atoms with Gasteiger partial charge in [0.15, 0.2) is 15.6 Å². The molecule has 1 heterocycles. The van der Waals surface area contributed by atoms with Gasteiger partial charge in [-0.15, -0.1) is 0 Å². The molecule has 0 amide bonds. The van der Waals surface area contributed by atoms with Crippen molar-refractivity contribution in [1.82, 2.24) is 9.55 Å². The summed E-state index contributed by atoms with van der Waals surface area (Å²) >= 11 is 0. The Kier molecular flexibility index (Phi) is 3.93. The smallest absolute Gasteiger partial charge is 0.160 e. The Balaban J connectivity index is 2.43. The molecule has 0 spiro atoms. The second-order valence-corrected chi connectivity index (χ2v) is 8.21. The predicted molar refractivity (Wildman–Crippen MR) is 83.0 cm³/mol. The molecule has 0 fully saturated rings. The molecular weight excluding hydrogens is 288 g/mol. The molecule has 6 heteroatoms. The first-order valence-corrected chi connectivity index (χ1v) is 8.74. The number of Topliss-reactive ketones (excluding diaryl/α,β-unsaturated/α-hetero) is 1. The number of rotatable bonds is 5. The highest BCUT2D eigenvalue weighted by Gasteiger charge is 2.38. The van der Waals surface area contributed by atoms with Gasteiger partial charge in [-0.1, -0.05) is 12.1 Å². The Morgan fingerprint density at radius 2 is 1.90 bits per heavy atom. The van der Waals surface area contributed by atoms with Gasteiger partial charge in [0, 0.05) is 12.8 Å². The van der Waals surface area contributed by atoms with Crippen molar-refractivity contribution in [1.29, 1.82) is 0 Å². The van der Waals surface area contributed by atoms with E-state index < -0.39 is 14.6 Å². The number of para-hydroxylation sites is 2. The number of carbonyl (C=O) groups is 1. The summed E-state index contributed by atoms with van der Waals surface area (Å²) in [6.45, 7) is 5.56. The van der Waals surface area contributed by atoms with Crippen LogP contribution in [-0.4, -0.2) is 34.8 Å². The minimum absolute atomic E-state index is 0.0165. The van der Waals surface area contributed by atoms with E-state index in [0.29, 0.717) is 12.4 Å². The van der Waals surface area contributed by atoms with Gasteiger partial charge >= 0.3 is 0 Å². The lowest BCUT2D eigenvalue weighted by Crippen LogP contribution is -2.41. The van der Waals surface area contributed by atoms with Crippen molar-refractivity contribution in [3.63, 3.8) is 0 Å². The first-order valence-electron chi connectivity index (χ1n) is 6.85. The summed E-state index contributed by atoms with van der Waals surface area (Å²) in [5.74, 6) is 0.274. The van der Waals surface area contributed by atoms with E-state index in [1.165, 1.54) is 13.8 Å². The number of ketones is 1. The van der Waals surface area contributed by atoms with Gasteiger partial charge in [-0.05, 0) is 32.9 Å². The normalized spacial score (nSPS) is 12.8. The Morgan fingerprint density at radius 3 is 2.48 bits per heavy atom. The zero-order valence-electron chi connectivity index (χ0n) is 12.8. The maximum absolute atomic E-state index is 12.4. The molecule has 2 rings (SSSR count). The van der Waals surface area contributed by atoms with Gasteiger partial charge in [0.1, 0.15) is 10.6 Å². The van der Waals surface area contributed by atoms with Crippen molar-refractivity contribution < 1.29 is 13.2 Å². The molecule has 0 atom stereocenters. The lowest BCUT2D eigenvalue weighted by atomic mass is 10.1. The highest BCUT2D eigenvalue weighted by molar-refractivity contribution is 7.92. The fourth-order valence-corrected chi connectivity index (χ4v) is 2.66. The second kappa shape index (κ2) is 5.26. The van der Waals surface area contributed by atoms with Crippen LogP contribution in [0.4, 0.5) is 0 Å². The maximum atomic E-state index is 12.4. The van der Waals surface area contributed by atoms with Crippen LogP contribution in [0, 0.1) is 0 Å². The molecule has 0 N–H and O–H groups in total. The van der Waals surface area contributed by atoms with Crippen molar-refractivity contribution in [3.05, 3.63) is 30.1 Å². The number of sulfone groups is 1. The predicted octanol–water partition coefficient (Wildman–Crippen LogP) is 1.99. The van der Waals surface area contributed by atoms with Crippen LogP contribution in [0.3, 0.4) is 0 Å². The molecule has 0 bridgehead atoms. The number of hydrogen-bond donors (Lipinski definition) is 0. The van der Waals surface area contributed by atoms with Gasteiger partial charge < -0.3 is 4.57 Å². The first-order chi connectivity index (χ1) is 9.68. The average molecular weight is 308 g/mol. The van der Waals surface area contributed by atoms with E-state index in [2.05, 4.69) is 4.98 Å². The summed E-state index contributed by atoms with van der Waals surface area (Å²) in [6, 6.07) is 7.64. The van der Waals surface area contributed by atoms with E-state index in [1.54, 1.807) is 0 Å². The fourth-order valence-electron chi connectivity index (χ4n) is 2.18. The lowest BCUT2D eigenvalue weighted by Gasteiger charge is -2.20. The number of fused-ring (bicyclic) bond motifs is 1. The zero-order valence-corrected chi connectivity index (χ0v) is 13.6. The molecule has 114 valence electrons. The van der Waals surface area contributed by atoms with Crippen LogP contribution < -0.4 is 0 Å². The van der Waals surface area contributed by atoms with Crippen molar-refractivity contribution in [2.45, 2.75) is 38.5 Å². The minimum atomic E-state index is -3.46. The van der Waals surface area contributed by atoms with Gasteiger partial charge in [-0.2, -0.15) is 0 Å². The topological polar surface area (TPSA) is 69.0 Å². The van der Waals surface area contributed by atoms with Crippen molar-refractivity contribution >= 4 is 26.7 Å². The number of aromatic nitrogens is 2. The van der Waals surface area contributed by atoms with E-state index in [0.717, 1.165) is 17.3 Å². The third kappa shape index (κ3) is 2.72. The second-order valence-electron chi connectivity index (χ2n) is 5.64. The summed E-state index contributed by atoms with van der Waals surface area (Å²) in [6.07, 6.45) is 1.11. The van der Waals surface area contributed by atoms with E-state index in [-0.39, 0.29) is 12.2 Å². The quantitative estimate of drug-likeness (QED) is 0.847. The molecule has 1 aromatic heterocycles. The summed E-state index contributed by atoms with van der Waals surface area (Å²) in [5, 5.41) is 0. The number of nitrogens with zero attached hydrogens (tertiary/aromatic N) is 2. The lowest BCUT2D eigenvalue weighted by molar-refractivity contribution is -0.120. The summed E-state index contributed by atoms with van der Waals surface area (Å²) in [4.78, 5) is 16.9. The van der Waals surface area contributed by atoms with Gasteiger partial charge in [0.25, 0.3) is 0 Å². The van der Waals surface area contributed by atoms with Crippen molar-refractivity contribution in [2.75, 3.05) is 6.26 Å². The molecule has 0 aliphatic heterocycles. The number of aryl methyl sites for hydroxylation is 1. The molecule has 21 heavy (non-hydrogen) atoms. The fraction of sp³-hybridized carbons (Fsp3) is 0.467. The van der Waals surface area contributed by atoms with E-state index in [4.69, 9.17) is 0 Å². The first kappa shape index (κ1) is 15.7. The molecule has 0 aliphatic rings. The molecular formula is C15H20N2O3S. The van der Waals surface area contributed by atoms with Crippen LogP contribution in [0.2, 0.25) is 0 Å². The highest BCUT2D eigenvalue weighted by atomic mass is 32.2. The molecule has 2 aromatic rings. The van der Waals surface area contributed by atoms with Gasteiger partial charge in [-0.3, -0.25) is 4.79 Å². The number of imidazole rings is 1. The average Bonchev–Trinajstić information content (AvgIpc) is 2.74.